The second-order valence-corrected chi connectivity index (χ2v) is 11.9. The Labute approximate surface area is 214 Å². The van der Waals surface area contributed by atoms with Gasteiger partial charge >= 0.3 is 0 Å². The van der Waals surface area contributed by atoms with Crippen molar-refractivity contribution in [3.05, 3.63) is 62.3 Å². The molecule has 192 valence electrons. The summed E-state index contributed by atoms with van der Waals surface area (Å²) in [4.78, 5) is 41.8. The van der Waals surface area contributed by atoms with Crippen molar-refractivity contribution in [1.29, 1.82) is 0 Å². The maximum absolute atomic E-state index is 14.7. The molecule has 0 unspecified atom stereocenters. The average molecular weight is 514 g/mol. The third-order valence-corrected chi connectivity index (χ3v) is 8.86. The van der Waals surface area contributed by atoms with E-state index in [0.29, 0.717) is 32.6 Å². The van der Waals surface area contributed by atoms with Gasteiger partial charge in [0.2, 0.25) is 5.91 Å². The van der Waals surface area contributed by atoms with Crippen molar-refractivity contribution in [1.82, 2.24) is 25.3 Å². The Bertz CT molecular complexity index is 1240. The standard InChI is InChI=1S/C26H32FN5O3S/c1-26(2)22(28-15-36-26)25(35)32-11-9-31(10-12-32)24(34)19-13-16(7-8-20(19)27)14-21-17-5-3-4-6-18(17)23(33)30-29-21/h7-8,13,22,28H,3-6,9-12,14-15H2,1-2H3,(H,30,33)/t22-/m1/s1. The molecule has 0 saturated carbocycles. The van der Waals surface area contributed by atoms with Gasteiger partial charge < -0.3 is 9.80 Å². The van der Waals surface area contributed by atoms with Gasteiger partial charge in [-0.2, -0.15) is 5.10 Å². The summed E-state index contributed by atoms with van der Waals surface area (Å²) in [5.41, 5.74) is 3.23. The number of hydrogen-bond donors (Lipinski definition) is 2. The minimum absolute atomic E-state index is 0.0283. The Morgan fingerprint density at radius 3 is 2.50 bits per heavy atom. The number of hydrogen-bond acceptors (Lipinski definition) is 6. The number of carbonyl (C=O) groups is 2. The molecule has 2 aliphatic heterocycles. The number of piperazine rings is 1. The number of benzene rings is 1. The molecule has 1 aromatic carbocycles. The molecule has 0 bridgehead atoms. The van der Waals surface area contributed by atoms with Crippen LogP contribution in [0.4, 0.5) is 4.39 Å². The Hall–Kier alpha value is -2.72. The molecule has 1 atom stereocenters. The fraction of sp³-hybridized carbons (Fsp3) is 0.538. The number of carbonyl (C=O) groups excluding carboxylic acids is 2. The summed E-state index contributed by atoms with van der Waals surface area (Å²) in [6.45, 7) is 5.71. The molecule has 2 amide bonds. The van der Waals surface area contributed by atoms with Crippen molar-refractivity contribution in [2.45, 2.75) is 56.7 Å². The third kappa shape index (κ3) is 4.80. The first kappa shape index (κ1) is 25.0. The lowest BCUT2D eigenvalue weighted by Gasteiger charge is -2.37. The lowest BCUT2D eigenvalue weighted by Crippen LogP contribution is -2.57. The molecule has 3 aliphatic rings. The monoisotopic (exact) mass is 513 g/mol. The van der Waals surface area contributed by atoms with E-state index in [1.54, 1.807) is 33.7 Å². The van der Waals surface area contributed by atoms with Gasteiger partial charge in [-0.25, -0.2) is 9.49 Å². The molecule has 3 heterocycles. The first-order chi connectivity index (χ1) is 17.2. The van der Waals surface area contributed by atoms with Crippen LogP contribution in [0.2, 0.25) is 0 Å². The largest absolute Gasteiger partial charge is 0.338 e. The van der Waals surface area contributed by atoms with E-state index in [-0.39, 0.29) is 33.7 Å². The van der Waals surface area contributed by atoms with Crippen molar-refractivity contribution in [3.8, 4) is 0 Å². The number of thioether (sulfide) groups is 1. The van der Waals surface area contributed by atoms with Crippen LogP contribution in [0.25, 0.3) is 0 Å². The Kier molecular flexibility index (Phi) is 6.91. The predicted octanol–water partition coefficient (Wildman–Crippen LogP) is 2.10. The summed E-state index contributed by atoms with van der Waals surface area (Å²) >= 11 is 1.73. The summed E-state index contributed by atoms with van der Waals surface area (Å²) in [5.74, 6) is -0.128. The second-order valence-electron chi connectivity index (χ2n) is 10.3. The van der Waals surface area contributed by atoms with Crippen LogP contribution in [0, 0.1) is 5.82 Å². The van der Waals surface area contributed by atoms with Gasteiger partial charge in [0, 0.05) is 48.8 Å². The highest BCUT2D eigenvalue weighted by atomic mass is 32.2. The molecule has 2 fully saturated rings. The van der Waals surface area contributed by atoms with Gasteiger partial charge in [0.05, 0.1) is 11.3 Å². The summed E-state index contributed by atoms with van der Waals surface area (Å²) < 4.78 is 14.6. The van der Waals surface area contributed by atoms with Crippen LogP contribution in [0.5, 0.6) is 0 Å². The molecule has 2 N–H and O–H groups in total. The summed E-state index contributed by atoms with van der Waals surface area (Å²) in [5, 5.41) is 10.1. The molecule has 5 rings (SSSR count). The lowest BCUT2D eigenvalue weighted by molar-refractivity contribution is -0.135. The van der Waals surface area contributed by atoms with Crippen molar-refractivity contribution >= 4 is 23.6 Å². The third-order valence-electron chi connectivity index (χ3n) is 7.57. The van der Waals surface area contributed by atoms with Gasteiger partial charge in [0.15, 0.2) is 0 Å². The van der Waals surface area contributed by atoms with Crippen molar-refractivity contribution in [2.24, 2.45) is 0 Å². The van der Waals surface area contributed by atoms with Crippen LogP contribution in [-0.4, -0.2) is 74.7 Å². The number of fused-ring (bicyclic) bond motifs is 1. The molecule has 8 nitrogen and oxygen atoms in total. The number of nitrogens with one attached hydrogen (secondary N) is 2. The van der Waals surface area contributed by atoms with Crippen LogP contribution in [-0.2, 0) is 24.1 Å². The highest BCUT2D eigenvalue weighted by Gasteiger charge is 2.42. The van der Waals surface area contributed by atoms with E-state index in [9.17, 15) is 18.8 Å². The second kappa shape index (κ2) is 9.97. The van der Waals surface area contributed by atoms with E-state index in [0.717, 1.165) is 53.9 Å². The van der Waals surface area contributed by atoms with Crippen molar-refractivity contribution in [2.75, 3.05) is 32.1 Å². The molecule has 0 radical (unpaired) electrons. The molecule has 2 saturated heterocycles. The van der Waals surface area contributed by atoms with Crippen molar-refractivity contribution in [3.63, 3.8) is 0 Å². The van der Waals surface area contributed by atoms with Crippen LogP contribution >= 0.6 is 11.8 Å². The molecule has 10 heteroatoms. The summed E-state index contributed by atoms with van der Waals surface area (Å²) in [7, 11) is 0. The minimum atomic E-state index is -0.562. The molecule has 2 aromatic rings. The van der Waals surface area contributed by atoms with Crippen LogP contribution in [0.1, 0.15) is 59.4 Å². The van der Waals surface area contributed by atoms with Gasteiger partial charge in [-0.15, -0.1) is 11.8 Å². The molecular formula is C26H32FN5O3S. The van der Waals surface area contributed by atoms with Gasteiger partial charge in [0.25, 0.3) is 11.5 Å². The van der Waals surface area contributed by atoms with E-state index >= 15 is 0 Å². The average Bonchev–Trinajstić information content (AvgIpc) is 3.25. The molecular weight excluding hydrogens is 481 g/mol. The Morgan fingerprint density at radius 1 is 1.11 bits per heavy atom. The molecule has 0 spiro atoms. The summed E-state index contributed by atoms with van der Waals surface area (Å²) in [6, 6.07) is 4.34. The number of aromatic nitrogens is 2. The number of nitrogens with zero attached hydrogens (tertiary/aromatic N) is 3. The van der Waals surface area contributed by atoms with Crippen molar-refractivity contribution < 1.29 is 14.0 Å². The lowest BCUT2D eigenvalue weighted by atomic mass is 9.90. The number of rotatable bonds is 4. The zero-order valence-corrected chi connectivity index (χ0v) is 21.5. The Balaban J connectivity index is 1.27. The number of halogens is 1. The van der Waals surface area contributed by atoms with Gasteiger partial charge in [0.1, 0.15) is 11.9 Å². The molecule has 1 aliphatic carbocycles. The molecule has 36 heavy (non-hydrogen) atoms. The van der Waals surface area contributed by atoms with Gasteiger partial charge in [-0.3, -0.25) is 19.7 Å². The highest BCUT2D eigenvalue weighted by Crippen LogP contribution is 2.34. The number of amides is 2. The fourth-order valence-electron chi connectivity index (χ4n) is 5.42. The van der Waals surface area contributed by atoms with Crippen LogP contribution < -0.4 is 10.9 Å². The molecule has 1 aromatic heterocycles. The number of aromatic amines is 1. The topological polar surface area (TPSA) is 98.4 Å². The maximum atomic E-state index is 14.7. The van der Waals surface area contributed by atoms with Crippen LogP contribution in [0.15, 0.2) is 23.0 Å². The fourth-order valence-corrected chi connectivity index (χ4v) is 6.39. The van der Waals surface area contributed by atoms with E-state index in [1.165, 1.54) is 6.07 Å². The predicted molar refractivity (Wildman–Crippen MR) is 137 cm³/mol. The van der Waals surface area contributed by atoms with E-state index in [2.05, 4.69) is 29.4 Å². The van der Waals surface area contributed by atoms with Gasteiger partial charge in [-0.1, -0.05) is 6.07 Å². The SMILES string of the molecule is CC1(C)SCN[C@@H]1C(=O)N1CCN(C(=O)c2cc(Cc3n[nH]c(=O)c4c3CCCC4)ccc2F)CC1. The number of H-pyrrole nitrogens is 1. The quantitative estimate of drug-likeness (QED) is 0.650. The van der Waals surface area contributed by atoms with E-state index < -0.39 is 5.82 Å². The highest BCUT2D eigenvalue weighted by molar-refractivity contribution is 8.00. The normalized spacial score (nSPS) is 21.4. The first-order valence-corrected chi connectivity index (χ1v) is 13.6. The smallest absolute Gasteiger partial charge is 0.267 e. The van der Waals surface area contributed by atoms with E-state index in [1.807, 2.05) is 0 Å². The van der Waals surface area contributed by atoms with E-state index in [4.69, 9.17) is 0 Å². The minimum Gasteiger partial charge on any atom is -0.338 e. The zero-order valence-electron chi connectivity index (χ0n) is 20.7. The van der Waals surface area contributed by atoms with Crippen LogP contribution in [0.3, 0.4) is 0 Å². The Morgan fingerprint density at radius 2 is 1.81 bits per heavy atom. The maximum Gasteiger partial charge on any atom is 0.267 e. The summed E-state index contributed by atoms with van der Waals surface area (Å²) in [6.07, 6.45) is 3.98. The first-order valence-electron chi connectivity index (χ1n) is 12.6. The van der Waals surface area contributed by atoms with Gasteiger partial charge in [-0.05, 0) is 62.8 Å². The zero-order chi connectivity index (χ0) is 25.4.